The lowest BCUT2D eigenvalue weighted by Gasteiger charge is -2.23. The van der Waals surface area contributed by atoms with Crippen molar-refractivity contribution in [3.8, 4) is 11.1 Å². The number of aliphatic hydroxyl groups is 1. The van der Waals surface area contributed by atoms with Crippen molar-refractivity contribution in [2.75, 3.05) is 12.4 Å². The van der Waals surface area contributed by atoms with E-state index in [9.17, 15) is 5.11 Å². The lowest BCUT2D eigenvalue weighted by molar-refractivity contribution is 0.254. The molecule has 2 aromatic heterocycles. The molecule has 5 rings (SSSR count). The van der Waals surface area contributed by atoms with Crippen LogP contribution in [0, 0.1) is 0 Å². The van der Waals surface area contributed by atoms with Crippen LogP contribution in [0.1, 0.15) is 37.0 Å². The van der Waals surface area contributed by atoms with Crippen molar-refractivity contribution >= 4 is 11.8 Å². The number of benzene rings is 1. The molecule has 0 amide bonds. The number of aliphatic hydroxyl groups excluding tert-OH is 1. The maximum Gasteiger partial charge on any atom is 0.143 e. The molecule has 7 heteroatoms. The molecular formula is C21H23N5OS. The SMILES string of the molecule is CC1(CO)Cc2nnc(C3(c4ccc(-c5cncnc5)cc4)CC3)n2CCS1. The summed E-state index contributed by atoms with van der Waals surface area (Å²) in [6.07, 6.45) is 8.18. The highest BCUT2D eigenvalue weighted by atomic mass is 32.2. The van der Waals surface area contributed by atoms with E-state index in [1.165, 1.54) is 5.56 Å². The molecule has 0 radical (unpaired) electrons. The number of aromatic nitrogens is 5. The van der Waals surface area contributed by atoms with Gasteiger partial charge in [0.25, 0.3) is 0 Å². The molecule has 1 saturated carbocycles. The second-order valence-electron chi connectivity index (χ2n) is 8.01. The van der Waals surface area contributed by atoms with Crippen LogP contribution in [0.25, 0.3) is 11.1 Å². The normalized spacial score (nSPS) is 23.1. The summed E-state index contributed by atoms with van der Waals surface area (Å²) in [5.74, 6) is 3.06. The number of rotatable bonds is 4. The first kappa shape index (κ1) is 17.8. The maximum atomic E-state index is 9.79. The summed E-state index contributed by atoms with van der Waals surface area (Å²) in [5.41, 5.74) is 3.41. The van der Waals surface area contributed by atoms with Crippen molar-refractivity contribution < 1.29 is 5.11 Å². The van der Waals surface area contributed by atoms with Gasteiger partial charge in [-0.1, -0.05) is 24.3 Å². The Labute approximate surface area is 168 Å². The lowest BCUT2D eigenvalue weighted by Crippen LogP contribution is -2.28. The first-order valence-corrected chi connectivity index (χ1v) is 10.7. The van der Waals surface area contributed by atoms with E-state index in [4.69, 9.17) is 0 Å². The minimum Gasteiger partial charge on any atom is -0.395 e. The minimum absolute atomic E-state index is 0.0262. The van der Waals surface area contributed by atoms with E-state index >= 15 is 0 Å². The standard InChI is InChI=1S/C21H23N5OS/c1-20(13-27)10-18-24-25-19(26(18)8-9-28-20)21(6-7-21)17-4-2-15(3-5-17)16-11-22-14-23-12-16/h2-5,11-12,14,27H,6-10,13H2,1H3. The Hall–Kier alpha value is -2.25. The molecule has 1 atom stereocenters. The van der Waals surface area contributed by atoms with Gasteiger partial charge in [-0.15, -0.1) is 10.2 Å². The van der Waals surface area contributed by atoms with Crippen LogP contribution in [0.2, 0.25) is 0 Å². The Bertz CT molecular complexity index is 984. The van der Waals surface area contributed by atoms with E-state index in [1.54, 1.807) is 6.33 Å². The average molecular weight is 394 g/mol. The number of thioether (sulfide) groups is 1. The van der Waals surface area contributed by atoms with Gasteiger partial charge in [-0.3, -0.25) is 0 Å². The first-order chi connectivity index (χ1) is 13.6. The predicted octanol–water partition coefficient (Wildman–Crippen LogP) is 2.86. The molecular weight excluding hydrogens is 370 g/mol. The third-order valence-electron chi connectivity index (χ3n) is 5.97. The second kappa shape index (κ2) is 6.67. The number of hydrogen-bond acceptors (Lipinski definition) is 6. The monoisotopic (exact) mass is 393 g/mol. The average Bonchev–Trinajstić information content (AvgIpc) is 3.49. The second-order valence-corrected chi connectivity index (χ2v) is 9.69. The first-order valence-electron chi connectivity index (χ1n) is 9.67. The molecule has 6 nitrogen and oxygen atoms in total. The van der Waals surface area contributed by atoms with Gasteiger partial charge in [-0.2, -0.15) is 11.8 Å². The summed E-state index contributed by atoms with van der Waals surface area (Å²) in [4.78, 5) is 8.22. The molecule has 3 aromatic rings. The fraction of sp³-hybridized carbons (Fsp3) is 0.429. The summed E-state index contributed by atoms with van der Waals surface area (Å²) in [5, 5.41) is 19.0. The third kappa shape index (κ3) is 2.93. The minimum atomic E-state index is -0.172. The molecule has 0 bridgehead atoms. The van der Waals surface area contributed by atoms with E-state index in [0.717, 1.165) is 54.3 Å². The van der Waals surface area contributed by atoms with Crippen LogP contribution in [0.3, 0.4) is 0 Å². The summed E-state index contributed by atoms with van der Waals surface area (Å²) < 4.78 is 2.13. The molecule has 1 fully saturated rings. The largest absolute Gasteiger partial charge is 0.395 e. The zero-order valence-corrected chi connectivity index (χ0v) is 16.7. The highest BCUT2D eigenvalue weighted by molar-refractivity contribution is 8.00. The van der Waals surface area contributed by atoms with Gasteiger partial charge in [0.1, 0.15) is 18.0 Å². The molecule has 2 aliphatic rings. The van der Waals surface area contributed by atoms with Crippen molar-refractivity contribution in [3.05, 3.63) is 60.2 Å². The molecule has 1 unspecified atom stereocenters. The van der Waals surface area contributed by atoms with E-state index in [1.807, 2.05) is 24.2 Å². The predicted molar refractivity (Wildman–Crippen MR) is 109 cm³/mol. The van der Waals surface area contributed by atoms with Gasteiger partial charge in [0.15, 0.2) is 0 Å². The van der Waals surface area contributed by atoms with Crippen molar-refractivity contribution in [2.45, 2.75) is 42.9 Å². The third-order valence-corrected chi connectivity index (χ3v) is 7.33. The fourth-order valence-electron chi connectivity index (χ4n) is 4.12. The van der Waals surface area contributed by atoms with E-state index in [-0.39, 0.29) is 16.8 Å². The number of nitrogens with zero attached hydrogens (tertiary/aromatic N) is 5. The van der Waals surface area contributed by atoms with E-state index in [2.05, 4.69) is 55.9 Å². The van der Waals surface area contributed by atoms with Crippen LogP contribution in [-0.2, 0) is 18.4 Å². The molecule has 0 saturated heterocycles. The quantitative estimate of drug-likeness (QED) is 0.735. The van der Waals surface area contributed by atoms with E-state index in [0.29, 0.717) is 0 Å². The summed E-state index contributed by atoms with van der Waals surface area (Å²) in [6, 6.07) is 8.71. The highest BCUT2D eigenvalue weighted by Gasteiger charge is 2.50. The van der Waals surface area contributed by atoms with Crippen LogP contribution in [0.5, 0.6) is 0 Å². The smallest absolute Gasteiger partial charge is 0.143 e. The highest BCUT2D eigenvalue weighted by Crippen LogP contribution is 2.53. The van der Waals surface area contributed by atoms with Gasteiger partial charge in [-0.05, 0) is 30.9 Å². The van der Waals surface area contributed by atoms with Crippen LogP contribution >= 0.6 is 11.8 Å². The van der Waals surface area contributed by atoms with Gasteiger partial charge in [0, 0.05) is 41.4 Å². The fourth-order valence-corrected chi connectivity index (χ4v) is 5.21. The zero-order valence-electron chi connectivity index (χ0n) is 15.9. The van der Waals surface area contributed by atoms with E-state index < -0.39 is 0 Å². The Morgan fingerprint density at radius 3 is 2.50 bits per heavy atom. The molecule has 1 aliphatic heterocycles. The Kier molecular flexibility index (Phi) is 4.25. The lowest BCUT2D eigenvalue weighted by atomic mass is 9.93. The molecule has 144 valence electrons. The molecule has 0 spiro atoms. The van der Waals surface area contributed by atoms with Gasteiger partial charge in [0.2, 0.25) is 0 Å². The van der Waals surface area contributed by atoms with Gasteiger partial charge in [-0.25, -0.2) is 9.97 Å². The van der Waals surface area contributed by atoms with Crippen molar-refractivity contribution in [3.63, 3.8) is 0 Å². The van der Waals surface area contributed by atoms with Crippen LogP contribution in [0.4, 0.5) is 0 Å². The van der Waals surface area contributed by atoms with Crippen LogP contribution < -0.4 is 0 Å². The van der Waals surface area contributed by atoms with Gasteiger partial charge >= 0.3 is 0 Å². The van der Waals surface area contributed by atoms with Crippen molar-refractivity contribution in [1.29, 1.82) is 0 Å². The Morgan fingerprint density at radius 2 is 1.82 bits per heavy atom. The zero-order chi connectivity index (χ0) is 19.2. The molecule has 3 heterocycles. The van der Waals surface area contributed by atoms with Crippen LogP contribution in [0.15, 0.2) is 43.0 Å². The maximum absolute atomic E-state index is 9.79. The summed E-state index contributed by atoms with van der Waals surface area (Å²) in [6.45, 7) is 3.18. The number of hydrogen-bond donors (Lipinski definition) is 1. The van der Waals surface area contributed by atoms with Crippen molar-refractivity contribution in [1.82, 2.24) is 24.7 Å². The Morgan fingerprint density at radius 1 is 1.07 bits per heavy atom. The topological polar surface area (TPSA) is 76.7 Å². The Balaban J connectivity index is 1.48. The summed E-state index contributed by atoms with van der Waals surface area (Å²) >= 11 is 1.83. The number of fused-ring (bicyclic) bond motifs is 1. The molecule has 1 aliphatic carbocycles. The van der Waals surface area contributed by atoms with Gasteiger partial charge in [0.05, 0.1) is 12.0 Å². The van der Waals surface area contributed by atoms with Crippen molar-refractivity contribution in [2.24, 2.45) is 0 Å². The van der Waals surface area contributed by atoms with Crippen LogP contribution in [-0.4, -0.2) is 46.9 Å². The summed E-state index contributed by atoms with van der Waals surface area (Å²) in [7, 11) is 0. The molecule has 28 heavy (non-hydrogen) atoms. The molecule has 1 N–H and O–H groups in total. The molecule has 1 aromatic carbocycles. The van der Waals surface area contributed by atoms with Gasteiger partial charge < -0.3 is 9.67 Å².